The molecule has 1 unspecified atom stereocenters. The Labute approximate surface area is 112 Å². The summed E-state index contributed by atoms with van der Waals surface area (Å²) in [6.45, 7) is 0. The van der Waals surface area contributed by atoms with Crippen molar-refractivity contribution in [2.45, 2.75) is 12.5 Å². The molecule has 0 aliphatic heterocycles. The first-order chi connectivity index (χ1) is 7.66. The molecule has 0 bridgehead atoms. The molecule has 4 heteroatoms. The zero-order chi connectivity index (χ0) is 11.5. The topological polar surface area (TPSA) is 20.2 Å². The number of halogens is 2. The van der Waals surface area contributed by atoms with Gasteiger partial charge in [0, 0.05) is 26.9 Å². The lowest BCUT2D eigenvalue weighted by molar-refractivity contribution is 0.178. The summed E-state index contributed by atoms with van der Waals surface area (Å²) in [5, 5.41) is 14.7. The highest BCUT2D eigenvalue weighted by atomic mass is 79.9. The van der Waals surface area contributed by atoms with Gasteiger partial charge in [-0.2, -0.15) is 11.3 Å². The highest BCUT2D eigenvalue weighted by Crippen LogP contribution is 2.29. The molecule has 0 saturated carbocycles. The van der Waals surface area contributed by atoms with Crippen molar-refractivity contribution in [1.82, 2.24) is 0 Å². The van der Waals surface area contributed by atoms with Gasteiger partial charge in [-0.05, 0) is 39.0 Å². The van der Waals surface area contributed by atoms with Gasteiger partial charge in [0.25, 0.3) is 0 Å². The molecule has 0 saturated heterocycles. The predicted octanol–water partition coefficient (Wildman–Crippen LogP) is 4.44. The van der Waals surface area contributed by atoms with Gasteiger partial charge < -0.3 is 5.11 Å². The Morgan fingerprint density at radius 2 is 1.94 bits per heavy atom. The summed E-state index contributed by atoms with van der Waals surface area (Å²) in [7, 11) is 0. The molecule has 0 amide bonds. The third kappa shape index (κ3) is 2.86. The van der Waals surface area contributed by atoms with Crippen molar-refractivity contribution in [2.24, 2.45) is 0 Å². The molecule has 0 fully saturated rings. The molecule has 0 aliphatic carbocycles. The normalized spacial score (nSPS) is 12.7. The Morgan fingerprint density at radius 3 is 2.50 bits per heavy atom. The van der Waals surface area contributed by atoms with Gasteiger partial charge in [-0.1, -0.05) is 23.7 Å². The van der Waals surface area contributed by atoms with Crippen LogP contribution < -0.4 is 0 Å². The van der Waals surface area contributed by atoms with Gasteiger partial charge in [-0.15, -0.1) is 0 Å². The van der Waals surface area contributed by atoms with Gasteiger partial charge in [0.05, 0.1) is 6.10 Å². The van der Waals surface area contributed by atoms with E-state index < -0.39 is 6.10 Å². The summed E-state index contributed by atoms with van der Waals surface area (Å²) >= 11 is 10.8. The largest absolute Gasteiger partial charge is 0.388 e. The Hall–Kier alpha value is -0.350. The van der Waals surface area contributed by atoms with Crippen LogP contribution in [0.4, 0.5) is 0 Å². The molecule has 0 aliphatic rings. The van der Waals surface area contributed by atoms with Gasteiger partial charge in [-0.25, -0.2) is 0 Å². The highest BCUT2D eigenvalue weighted by Gasteiger charge is 2.12. The third-order valence-electron chi connectivity index (χ3n) is 2.34. The van der Waals surface area contributed by atoms with Crippen molar-refractivity contribution in [3.63, 3.8) is 0 Å². The smallest absolute Gasteiger partial charge is 0.0849 e. The lowest BCUT2D eigenvalue weighted by Crippen LogP contribution is -2.00. The van der Waals surface area contributed by atoms with E-state index in [1.807, 2.05) is 35.0 Å². The first-order valence-electron chi connectivity index (χ1n) is 4.81. The van der Waals surface area contributed by atoms with Gasteiger partial charge in [0.1, 0.15) is 0 Å². The number of hydrogen-bond donors (Lipinski definition) is 1. The second-order valence-corrected chi connectivity index (χ2v) is 5.56. The maximum Gasteiger partial charge on any atom is 0.0849 e. The van der Waals surface area contributed by atoms with Crippen LogP contribution in [0.2, 0.25) is 5.02 Å². The minimum absolute atomic E-state index is 0.471. The molecule has 16 heavy (non-hydrogen) atoms. The minimum Gasteiger partial charge on any atom is -0.388 e. The molecule has 1 N–H and O–H groups in total. The van der Waals surface area contributed by atoms with Crippen molar-refractivity contribution >= 4 is 38.9 Å². The van der Waals surface area contributed by atoms with E-state index in [1.165, 1.54) is 0 Å². The van der Waals surface area contributed by atoms with Crippen LogP contribution in [0.25, 0.3) is 0 Å². The van der Waals surface area contributed by atoms with Crippen molar-refractivity contribution < 1.29 is 5.11 Å². The van der Waals surface area contributed by atoms with Crippen molar-refractivity contribution in [3.8, 4) is 0 Å². The number of benzene rings is 1. The van der Waals surface area contributed by atoms with E-state index in [1.54, 1.807) is 11.3 Å². The fraction of sp³-hybridized carbons (Fsp3) is 0.167. The highest BCUT2D eigenvalue weighted by molar-refractivity contribution is 9.10. The van der Waals surface area contributed by atoms with Crippen LogP contribution >= 0.6 is 38.9 Å². The molecule has 1 nitrogen and oxygen atoms in total. The van der Waals surface area contributed by atoms with Crippen LogP contribution in [0, 0.1) is 0 Å². The fourth-order valence-corrected chi connectivity index (χ4v) is 3.22. The number of hydrogen-bond acceptors (Lipinski definition) is 2. The molecule has 1 heterocycles. The van der Waals surface area contributed by atoms with Crippen LogP contribution in [-0.4, -0.2) is 5.11 Å². The van der Waals surface area contributed by atoms with E-state index in [9.17, 15) is 5.11 Å². The molecular formula is C12H10BrClOS. The lowest BCUT2D eigenvalue weighted by atomic mass is 10.0. The molecular weight excluding hydrogens is 308 g/mol. The third-order valence-corrected chi connectivity index (χ3v) is 4.35. The summed E-state index contributed by atoms with van der Waals surface area (Å²) in [6, 6.07) is 7.55. The van der Waals surface area contributed by atoms with Crippen molar-refractivity contribution in [1.29, 1.82) is 0 Å². The first-order valence-corrected chi connectivity index (χ1v) is 6.92. The summed E-state index contributed by atoms with van der Waals surface area (Å²) in [6.07, 6.45) is 0.133. The lowest BCUT2D eigenvalue weighted by Gasteiger charge is -2.09. The van der Waals surface area contributed by atoms with Crippen molar-refractivity contribution in [3.05, 3.63) is 55.6 Å². The average molecular weight is 318 g/mol. The summed E-state index contributed by atoms with van der Waals surface area (Å²) in [5.74, 6) is 0. The molecule has 84 valence electrons. The summed E-state index contributed by atoms with van der Waals surface area (Å²) in [4.78, 5) is 0. The molecule has 0 spiro atoms. The summed E-state index contributed by atoms with van der Waals surface area (Å²) in [5.41, 5.74) is 2.02. The fourth-order valence-electron chi connectivity index (χ4n) is 1.48. The van der Waals surface area contributed by atoms with E-state index in [2.05, 4.69) is 15.9 Å². The molecule has 2 rings (SSSR count). The van der Waals surface area contributed by atoms with E-state index >= 15 is 0 Å². The summed E-state index contributed by atoms with van der Waals surface area (Å²) < 4.78 is 0.971. The van der Waals surface area contributed by atoms with Crippen LogP contribution in [0.5, 0.6) is 0 Å². The molecule has 1 aromatic carbocycles. The van der Waals surface area contributed by atoms with E-state index in [4.69, 9.17) is 11.6 Å². The maximum absolute atomic E-state index is 10.1. The zero-order valence-corrected chi connectivity index (χ0v) is 11.5. The Morgan fingerprint density at radius 1 is 1.25 bits per heavy atom. The van der Waals surface area contributed by atoms with Gasteiger partial charge in [0.15, 0.2) is 0 Å². The monoisotopic (exact) mass is 316 g/mol. The van der Waals surface area contributed by atoms with E-state index in [0.29, 0.717) is 6.42 Å². The SMILES string of the molecule is OC(Cc1ccc(Cl)cc1)c1cscc1Br. The average Bonchev–Trinajstić information content (AvgIpc) is 2.68. The van der Waals surface area contributed by atoms with Crippen LogP contribution in [0.15, 0.2) is 39.5 Å². The Balaban J connectivity index is 2.10. The zero-order valence-electron chi connectivity index (χ0n) is 8.36. The van der Waals surface area contributed by atoms with Gasteiger partial charge in [-0.3, -0.25) is 0 Å². The van der Waals surface area contributed by atoms with Crippen molar-refractivity contribution in [2.75, 3.05) is 0 Å². The van der Waals surface area contributed by atoms with E-state index in [-0.39, 0.29) is 0 Å². The standard InChI is InChI=1S/C12H10BrClOS/c13-11-7-16-6-10(11)12(15)5-8-1-3-9(14)4-2-8/h1-4,6-7,12,15H,5H2. The molecule has 1 aromatic heterocycles. The Bertz CT molecular complexity index is 466. The number of aliphatic hydroxyl groups is 1. The number of rotatable bonds is 3. The van der Waals surface area contributed by atoms with Crippen LogP contribution in [0.3, 0.4) is 0 Å². The second kappa shape index (κ2) is 5.32. The molecule has 2 aromatic rings. The van der Waals surface area contributed by atoms with E-state index in [0.717, 1.165) is 20.6 Å². The van der Waals surface area contributed by atoms with Gasteiger partial charge >= 0.3 is 0 Å². The second-order valence-electron chi connectivity index (χ2n) is 3.52. The number of thiophene rings is 1. The quantitative estimate of drug-likeness (QED) is 0.887. The van der Waals surface area contributed by atoms with Crippen LogP contribution in [-0.2, 0) is 6.42 Å². The predicted molar refractivity (Wildman–Crippen MR) is 72.1 cm³/mol. The Kier molecular flexibility index (Phi) is 4.03. The van der Waals surface area contributed by atoms with Gasteiger partial charge in [0.2, 0.25) is 0 Å². The molecule has 0 radical (unpaired) electrons. The maximum atomic E-state index is 10.1. The first kappa shape index (κ1) is 12.1. The number of aliphatic hydroxyl groups excluding tert-OH is 1. The minimum atomic E-state index is -0.471. The van der Waals surface area contributed by atoms with Crippen LogP contribution in [0.1, 0.15) is 17.2 Å². The molecule has 1 atom stereocenters.